The number of carboxylic acids is 1. The molecule has 0 spiro atoms. The molecule has 1 aromatic carbocycles. The SMILES string of the molecule is O=C(Nc1c(Br)cccc1C(=O)O)c1csc(I)c1. The molecule has 7 heteroatoms. The summed E-state index contributed by atoms with van der Waals surface area (Å²) in [5.41, 5.74) is 0.829. The van der Waals surface area contributed by atoms with E-state index >= 15 is 0 Å². The first-order chi connectivity index (χ1) is 8.99. The summed E-state index contributed by atoms with van der Waals surface area (Å²) in [5, 5.41) is 13.5. The van der Waals surface area contributed by atoms with Crippen LogP contribution in [0.25, 0.3) is 0 Å². The number of carbonyl (C=O) groups excluding carboxylic acids is 1. The van der Waals surface area contributed by atoms with E-state index in [-0.39, 0.29) is 17.2 Å². The van der Waals surface area contributed by atoms with Gasteiger partial charge in [-0.05, 0) is 56.7 Å². The second kappa shape index (κ2) is 6.02. The Labute approximate surface area is 135 Å². The van der Waals surface area contributed by atoms with Crippen LogP contribution in [-0.2, 0) is 0 Å². The molecule has 1 aromatic heterocycles. The number of benzene rings is 1. The fourth-order valence-corrected chi connectivity index (χ4v) is 3.24. The standard InChI is InChI=1S/C12H7BrINO3S/c13-8-3-1-2-7(12(17)18)10(8)15-11(16)6-4-9(14)19-5-6/h1-5H,(H,15,16)(H,17,18). The van der Waals surface area contributed by atoms with Crippen LogP contribution in [0.5, 0.6) is 0 Å². The minimum Gasteiger partial charge on any atom is -0.478 e. The van der Waals surface area contributed by atoms with Crippen molar-refractivity contribution in [1.82, 2.24) is 0 Å². The number of hydrogen-bond donors (Lipinski definition) is 2. The second-order valence-electron chi connectivity index (χ2n) is 3.56. The van der Waals surface area contributed by atoms with Gasteiger partial charge in [-0.25, -0.2) is 4.79 Å². The van der Waals surface area contributed by atoms with E-state index in [1.54, 1.807) is 23.6 Å². The summed E-state index contributed by atoms with van der Waals surface area (Å²) in [7, 11) is 0. The monoisotopic (exact) mass is 451 g/mol. The maximum absolute atomic E-state index is 12.0. The number of hydrogen-bond acceptors (Lipinski definition) is 3. The number of aromatic carboxylic acids is 1. The normalized spacial score (nSPS) is 10.2. The Balaban J connectivity index is 2.33. The zero-order chi connectivity index (χ0) is 14.0. The van der Waals surface area contributed by atoms with Crippen molar-refractivity contribution in [3.63, 3.8) is 0 Å². The van der Waals surface area contributed by atoms with Crippen LogP contribution in [0.4, 0.5) is 5.69 Å². The van der Waals surface area contributed by atoms with Gasteiger partial charge >= 0.3 is 5.97 Å². The molecule has 0 radical (unpaired) electrons. The van der Waals surface area contributed by atoms with Gasteiger partial charge in [-0.3, -0.25) is 4.79 Å². The molecular weight excluding hydrogens is 445 g/mol. The highest BCUT2D eigenvalue weighted by molar-refractivity contribution is 14.1. The van der Waals surface area contributed by atoms with Gasteiger partial charge in [-0.2, -0.15) is 0 Å². The van der Waals surface area contributed by atoms with E-state index in [1.807, 2.05) is 0 Å². The molecule has 0 aliphatic heterocycles. The highest BCUT2D eigenvalue weighted by Crippen LogP contribution is 2.27. The topological polar surface area (TPSA) is 66.4 Å². The minimum absolute atomic E-state index is 0.0488. The molecule has 98 valence electrons. The van der Waals surface area contributed by atoms with Crippen LogP contribution in [0.1, 0.15) is 20.7 Å². The summed E-state index contributed by atoms with van der Waals surface area (Å²) >= 11 is 6.82. The molecule has 2 aromatic rings. The maximum Gasteiger partial charge on any atom is 0.337 e. The van der Waals surface area contributed by atoms with Gasteiger partial charge in [0, 0.05) is 9.85 Å². The summed E-state index contributed by atoms with van der Waals surface area (Å²) in [4.78, 5) is 23.2. The van der Waals surface area contributed by atoms with Crippen LogP contribution in [-0.4, -0.2) is 17.0 Å². The largest absolute Gasteiger partial charge is 0.478 e. The van der Waals surface area contributed by atoms with Crippen molar-refractivity contribution in [2.75, 3.05) is 5.32 Å². The van der Waals surface area contributed by atoms with Crippen LogP contribution < -0.4 is 5.32 Å². The Hall–Kier alpha value is -0.930. The first-order valence-corrected chi connectivity index (χ1v) is 7.81. The number of carboxylic acid groups (broad SMARTS) is 1. The minimum atomic E-state index is -1.09. The molecule has 0 saturated carbocycles. The Kier molecular flexibility index (Phi) is 4.58. The van der Waals surface area contributed by atoms with Gasteiger partial charge in [0.05, 0.1) is 19.7 Å². The lowest BCUT2D eigenvalue weighted by Gasteiger charge is -2.09. The average molecular weight is 452 g/mol. The molecule has 0 atom stereocenters. The Bertz CT molecular complexity index is 656. The molecular formula is C12H7BrINO3S. The van der Waals surface area contributed by atoms with Gasteiger partial charge in [0.25, 0.3) is 5.91 Å². The van der Waals surface area contributed by atoms with Crippen molar-refractivity contribution in [1.29, 1.82) is 0 Å². The van der Waals surface area contributed by atoms with Gasteiger partial charge in [0.1, 0.15) is 0 Å². The molecule has 0 unspecified atom stereocenters. The zero-order valence-corrected chi connectivity index (χ0v) is 13.9. The predicted octanol–water partition coefficient (Wildman–Crippen LogP) is 4.07. The Morgan fingerprint density at radius 1 is 1.37 bits per heavy atom. The average Bonchev–Trinajstić information content (AvgIpc) is 2.78. The number of para-hydroxylation sites is 1. The quantitative estimate of drug-likeness (QED) is 0.691. The molecule has 0 aliphatic carbocycles. The van der Waals surface area contributed by atoms with Crippen LogP contribution >= 0.6 is 49.9 Å². The number of amides is 1. The van der Waals surface area contributed by atoms with E-state index in [0.717, 1.165) is 2.88 Å². The van der Waals surface area contributed by atoms with Gasteiger partial charge in [-0.15, -0.1) is 11.3 Å². The number of carbonyl (C=O) groups is 2. The lowest BCUT2D eigenvalue weighted by Crippen LogP contribution is -2.14. The number of anilines is 1. The van der Waals surface area contributed by atoms with E-state index in [9.17, 15) is 9.59 Å². The Morgan fingerprint density at radius 2 is 2.11 bits per heavy atom. The molecule has 4 nitrogen and oxygen atoms in total. The number of rotatable bonds is 3. The van der Waals surface area contributed by atoms with E-state index in [2.05, 4.69) is 43.8 Å². The van der Waals surface area contributed by atoms with Crippen molar-refractivity contribution in [2.24, 2.45) is 0 Å². The molecule has 0 bridgehead atoms. The summed E-state index contributed by atoms with van der Waals surface area (Å²) in [5.74, 6) is -1.41. The second-order valence-corrected chi connectivity index (χ2v) is 7.22. The lowest BCUT2D eigenvalue weighted by molar-refractivity contribution is 0.0698. The lowest BCUT2D eigenvalue weighted by atomic mass is 10.1. The molecule has 0 fully saturated rings. The first-order valence-electron chi connectivity index (χ1n) is 5.06. The molecule has 0 aliphatic rings. The third-order valence-electron chi connectivity index (χ3n) is 2.31. The van der Waals surface area contributed by atoms with E-state index in [4.69, 9.17) is 5.11 Å². The van der Waals surface area contributed by atoms with Crippen LogP contribution in [0, 0.1) is 2.88 Å². The van der Waals surface area contributed by atoms with Crippen LogP contribution in [0.15, 0.2) is 34.1 Å². The van der Waals surface area contributed by atoms with Crippen molar-refractivity contribution >= 4 is 67.4 Å². The predicted molar refractivity (Wildman–Crippen MR) is 86.1 cm³/mol. The van der Waals surface area contributed by atoms with Crippen molar-refractivity contribution < 1.29 is 14.7 Å². The zero-order valence-electron chi connectivity index (χ0n) is 9.31. The smallest absolute Gasteiger partial charge is 0.337 e. The number of halogens is 2. The number of thiophene rings is 1. The van der Waals surface area contributed by atoms with Gasteiger partial charge in [0.2, 0.25) is 0 Å². The summed E-state index contributed by atoms with van der Waals surface area (Å²) in [6.07, 6.45) is 0. The molecule has 2 N–H and O–H groups in total. The van der Waals surface area contributed by atoms with Crippen LogP contribution in [0.2, 0.25) is 0 Å². The molecule has 2 rings (SSSR count). The molecule has 1 amide bonds. The summed E-state index contributed by atoms with van der Waals surface area (Å²) in [6, 6.07) is 6.48. The van der Waals surface area contributed by atoms with Crippen molar-refractivity contribution in [3.05, 3.63) is 48.1 Å². The Morgan fingerprint density at radius 3 is 2.68 bits per heavy atom. The first kappa shape index (κ1) is 14.5. The maximum atomic E-state index is 12.0. The molecule has 1 heterocycles. The highest BCUT2D eigenvalue weighted by atomic mass is 127. The third-order valence-corrected chi connectivity index (χ3v) is 4.76. The van der Waals surface area contributed by atoms with Crippen molar-refractivity contribution in [3.8, 4) is 0 Å². The summed E-state index contributed by atoms with van der Waals surface area (Å²) < 4.78 is 1.53. The van der Waals surface area contributed by atoms with Crippen molar-refractivity contribution in [2.45, 2.75) is 0 Å². The number of nitrogens with one attached hydrogen (secondary N) is 1. The van der Waals surface area contributed by atoms with Gasteiger partial charge in [0.15, 0.2) is 0 Å². The molecule has 0 saturated heterocycles. The van der Waals surface area contributed by atoms with E-state index < -0.39 is 5.97 Å². The van der Waals surface area contributed by atoms with Crippen LogP contribution in [0.3, 0.4) is 0 Å². The van der Waals surface area contributed by atoms with E-state index in [0.29, 0.717) is 10.0 Å². The fraction of sp³-hybridized carbons (Fsp3) is 0. The molecule has 19 heavy (non-hydrogen) atoms. The van der Waals surface area contributed by atoms with Gasteiger partial charge in [-0.1, -0.05) is 6.07 Å². The fourth-order valence-electron chi connectivity index (χ4n) is 1.44. The third kappa shape index (κ3) is 3.34. The highest BCUT2D eigenvalue weighted by Gasteiger charge is 2.16. The van der Waals surface area contributed by atoms with E-state index in [1.165, 1.54) is 17.4 Å². The van der Waals surface area contributed by atoms with Gasteiger partial charge < -0.3 is 10.4 Å². The summed E-state index contributed by atoms with van der Waals surface area (Å²) in [6.45, 7) is 0.